The summed E-state index contributed by atoms with van der Waals surface area (Å²) in [6.07, 6.45) is 0.354. The third kappa shape index (κ3) is 4.97. The summed E-state index contributed by atoms with van der Waals surface area (Å²) in [5.74, 6) is 0.00893. The van der Waals surface area contributed by atoms with Crippen LogP contribution in [-0.4, -0.2) is 19.0 Å². The first-order chi connectivity index (χ1) is 17.1. The summed E-state index contributed by atoms with van der Waals surface area (Å²) in [5.41, 5.74) is 6.21. The van der Waals surface area contributed by atoms with Crippen molar-refractivity contribution in [2.24, 2.45) is 0 Å². The number of fused-ring (bicyclic) bond motifs is 3. The van der Waals surface area contributed by atoms with E-state index in [9.17, 15) is 9.59 Å². The Hall–Kier alpha value is -3.54. The highest BCUT2D eigenvalue weighted by Gasteiger charge is 2.29. The summed E-state index contributed by atoms with van der Waals surface area (Å²) in [5, 5.41) is 3.44. The van der Waals surface area contributed by atoms with Gasteiger partial charge in [-0.2, -0.15) is 0 Å². The molecule has 35 heavy (non-hydrogen) atoms. The lowest BCUT2D eigenvalue weighted by Gasteiger charge is -2.15. The fourth-order valence-corrected chi connectivity index (χ4v) is 5.69. The van der Waals surface area contributed by atoms with Crippen LogP contribution in [0, 0.1) is 0 Å². The molecule has 0 aliphatic heterocycles. The van der Waals surface area contributed by atoms with Crippen LogP contribution in [0.1, 0.15) is 33.0 Å². The maximum Gasteiger partial charge on any atom is 0.407 e. The fourth-order valence-electron chi connectivity index (χ4n) is 4.38. The Morgan fingerprint density at radius 2 is 1.54 bits per heavy atom. The highest BCUT2D eigenvalue weighted by Crippen LogP contribution is 2.44. The van der Waals surface area contributed by atoms with Gasteiger partial charge in [-0.25, -0.2) is 4.79 Å². The first-order valence-corrected chi connectivity index (χ1v) is 12.4. The number of benzene rings is 4. The zero-order valence-electron chi connectivity index (χ0n) is 18.7. The molecule has 0 spiro atoms. The zero-order chi connectivity index (χ0) is 24.2. The summed E-state index contributed by atoms with van der Waals surface area (Å²) in [6, 6.07) is 29.3. The van der Waals surface area contributed by atoms with Gasteiger partial charge < -0.3 is 10.1 Å². The summed E-state index contributed by atoms with van der Waals surface area (Å²) in [4.78, 5) is 25.7. The maximum absolute atomic E-state index is 12.6. The van der Waals surface area contributed by atoms with Crippen LogP contribution in [0.15, 0.2) is 101 Å². The Morgan fingerprint density at radius 3 is 2.26 bits per heavy atom. The van der Waals surface area contributed by atoms with Crippen molar-refractivity contribution in [3.63, 3.8) is 0 Å². The SMILES string of the molecule is O=Cc1ccccc1Sc1cc(Cl)ccc1CNC(=O)OCC1c2ccccc2-c2ccccc21. The quantitative estimate of drug-likeness (QED) is 0.270. The number of aldehydes is 1. The van der Waals surface area contributed by atoms with Gasteiger partial charge in [-0.3, -0.25) is 4.79 Å². The van der Waals surface area contributed by atoms with Gasteiger partial charge in [0.25, 0.3) is 0 Å². The predicted molar refractivity (Wildman–Crippen MR) is 139 cm³/mol. The van der Waals surface area contributed by atoms with E-state index in [1.165, 1.54) is 34.0 Å². The van der Waals surface area contributed by atoms with Gasteiger partial charge in [0.2, 0.25) is 0 Å². The first kappa shape index (κ1) is 23.2. The molecular weight excluding hydrogens is 478 g/mol. The van der Waals surface area contributed by atoms with E-state index in [2.05, 4.69) is 29.6 Å². The molecular formula is C29H22ClNO3S. The number of amides is 1. The molecule has 0 fully saturated rings. The van der Waals surface area contributed by atoms with Crippen molar-refractivity contribution < 1.29 is 14.3 Å². The molecule has 0 heterocycles. The Labute approximate surface area is 213 Å². The predicted octanol–water partition coefficient (Wildman–Crippen LogP) is 7.34. The van der Waals surface area contributed by atoms with Crippen molar-refractivity contribution in [2.75, 3.05) is 6.61 Å². The highest BCUT2D eigenvalue weighted by molar-refractivity contribution is 7.99. The Balaban J connectivity index is 1.26. The number of alkyl carbamates (subject to hydrolysis) is 1. The number of halogens is 1. The van der Waals surface area contributed by atoms with Crippen LogP contribution < -0.4 is 5.32 Å². The molecule has 0 saturated carbocycles. The van der Waals surface area contributed by atoms with Gasteiger partial charge in [-0.15, -0.1) is 0 Å². The van der Waals surface area contributed by atoms with Crippen molar-refractivity contribution in [1.82, 2.24) is 5.32 Å². The molecule has 0 bridgehead atoms. The standard InChI is InChI=1S/C29H22ClNO3S/c30-21-14-13-19(28(15-21)35-27-12-6-1-7-20(27)17-32)16-31-29(33)34-18-26-24-10-4-2-8-22(24)23-9-3-5-11-25(23)26/h1-15,17,26H,16,18H2,(H,31,33). The average Bonchev–Trinajstić information content (AvgIpc) is 3.21. The number of carbonyl (C=O) groups is 2. The molecule has 1 N–H and O–H groups in total. The second kappa shape index (κ2) is 10.4. The first-order valence-electron chi connectivity index (χ1n) is 11.2. The van der Waals surface area contributed by atoms with Gasteiger partial charge in [0, 0.05) is 32.8 Å². The third-order valence-corrected chi connectivity index (χ3v) is 7.49. The van der Waals surface area contributed by atoms with Crippen LogP contribution in [0.3, 0.4) is 0 Å². The van der Waals surface area contributed by atoms with Crippen molar-refractivity contribution in [2.45, 2.75) is 22.3 Å². The topological polar surface area (TPSA) is 55.4 Å². The second-order valence-electron chi connectivity index (χ2n) is 8.19. The van der Waals surface area contributed by atoms with Gasteiger partial charge in [0.15, 0.2) is 6.29 Å². The Bertz CT molecular complexity index is 1360. The van der Waals surface area contributed by atoms with Crippen molar-refractivity contribution >= 4 is 35.7 Å². The van der Waals surface area contributed by atoms with Crippen molar-refractivity contribution in [1.29, 1.82) is 0 Å². The van der Waals surface area contributed by atoms with E-state index in [0.29, 0.717) is 10.6 Å². The number of hydrogen-bond acceptors (Lipinski definition) is 4. The summed E-state index contributed by atoms with van der Waals surface area (Å²) in [7, 11) is 0. The number of rotatable bonds is 7. The van der Waals surface area contributed by atoms with Crippen molar-refractivity contribution in [3.8, 4) is 11.1 Å². The molecule has 5 rings (SSSR count). The van der Waals surface area contributed by atoms with E-state index >= 15 is 0 Å². The number of ether oxygens (including phenoxy) is 1. The molecule has 0 radical (unpaired) electrons. The summed E-state index contributed by atoms with van der Waals surface area (Å²) >= 11 is 7.67. The lowest BCUT2D eigenvalue weighted by molar-refractivity contribution is 0.112. The lowest BCUT2D eigenvalue weighted by atomic mass is 9.98. The second-order valence-corrected chi connectivity index (χ2v) is 9.71. The monoisotopic (exact) mass is 499 g/mol. The van der Waals surface area contributed by atoms with Crippen LogP contribution in [0.5, 0.6) is 0 Å². The summed E-state index contributed by atoms with van der Waals surface area (Å²) < 4.78 is 5.65. The van der Waals surface area contributed by atoms with E-state index in [1.54, 1.807) is 12.1 Å². The smallest absolute Gasteiger partial charge is 0.407 e. The molecule has 1 amide bonds. The van der Waals surface area contributed by atoms with Gasteiger partial charge in [-0.1, -0.05) is 96.2 Å². The van der Waals surface area contributed by atoms with Crippen LogP contribution >= 0.6 is 23.4 Å². The summed E-state index contributed by atoms with van der Waals surface area (Å²) in [6.45, 7) is 0.536. The van der Waals surface area contributed by atoms with Crippen LogP contribution in [0.4, 0.5) is 4.79 Å². The third-order valence-electron chi connectivity index (χ3n) is 6.06. The van der Waals surface area contributed by atoms with Crippen LogP contribution in [0.2, 0.25) is 5.02 Å². The highest BCUT2D eigenvalue weighted by atomic mass is 35.5. The molecule has 174 valence electrons. The molecule has 1 aliphatic rings. The molecule has 0 unspecified atom stereocenters. The molecule has 1 aliphatic carbocycles. The molecule has 0 atom stereocenters. The molecule has 0 aromatic heterocycles. The average molecular weight is 500 g/mol. The minimum absolute atomic E-state index is 0.00893. The molecule has 0 saturated heterocycles. The molecule has 4 aromatic rings. The fraction of sp³-hybridized carbons (Fsp3) is 0.103. The van der Waals surface area contributed by atoms with E-state index in [1.807, 2.05) is 54.6 Å². The van der Waals surface area contributed by atoms with E-state index in [-0.39, 0.29) is 19.1 Å². The van der Waals surface area contributed by atoms with Gasteiger partial charge in [0.1, 0.15) is 6.61 Å². The van der Waals surface area contributed by atoms with Gasteiger partial charge >= 0.3 is 6.09 Å². The van der Waals surface area contributed by atoms with Crippen molar-refractivity contribution in [3.05, 3.63) is 118 Å². The lowest BCUT2D eigenvalue weighted by Crippen LogP contribution is -2.25. The molecule has 4 nitrogen and oxygen atoms in total. The largest absolute Gasteiger partial charge is 0.449 e. The molecule has 6 heteroatoms. The van der Waals surface area contributed by atoms with E-state index in [0.717, 1.165) is 21.6 Å². The van der Waals surface area contributed by atoms with Crippen LogP contribution in [-0.2, 0) is 11.3 Å². The molecule has 4 aromatic carbocycles. The minimum Gasteiger partial charge on any atom is -0.449 e. The van der Waals surface area contributed by atoms with Gasteiger partial charge in [-0.05, 0) is 46.0 Å². The Kier molecular flexibility index (Phi) is 6.89. The van der Waals surface area contributed by atoms with Crippen LogP contribution in [0.25, 0.3) is 11.1 Å². The zero-order valence-corrected chi connectivity index (χ0v) is 20.3. The number of nitrogens with one attached hydrogen (secondary N) is 1. The van der Waals surface area contributed by atoms with E-state index in [4.69, 9.17) is 16.3 Å². The normalized spacial score (nSPS) is 12.0. The number of hydrogen-bond donors (Lipinski definition) is 1. The maximum atomic E-state index is 12.6. The number of carbonyl (C=O) groups excluding carboxylic acids is 2. The Morgan fingerprint density at radius 1 is 0.886 bits per heavy atom. The van der Waals surface area contributed by atoms with Gasteiger partial charge in [0.05, 0.1) is 0 Å². The van der Waals surface area contributed by atoms with E-state index < -0.39 is 6.09 Å². The minimum atomic E-state index is -0.481.